The number of hydrogen-bond donors (Lipinski definition) is 2. The van der Waals surface area contributed by atoms with E-state index in [-0.39, 0.29) is 17.9 Å². The first-order valence-electron chi connectivity index (χ1n) is 6.64. The molecule has 0 heterocycles. The summed E-state index contributed by atoms with van der Waals surface area (Å²) < 4.78 is 5.51. The van der Waals surface area contributed by atoms with Crippen LogP contribution in [0.3, 0.4) is 0 Å². The Labute approximate surface area is 118 Å². The minimum Gasteiger partial charge on any atom is -0.481 e. The van der Waals surface area contributed by atoms with Crippen molar-refractivity contribution in [2.75, 3.05) is 13.2 Å². The number of ether oxygens (including phenoxy) is 1. The summed E-state index contributed by atoms with van der Waals surface area (Å²) in [6.07, 6.45) is 1.29. The molecule has 0 radical (unpaired) electrons. The fraction of sp³-hybridized carbons (Fsp3) is 0.467. The van der Waals surface area contributed by atoms with Crippen molar-refractivity contribution in [3.8, 4) is 11.8 Å². The Bertz CT molecular complexity index is 515. The quantitative estimate of drug-likeness (QED) is 0.817. The third-order valence-corrected chi connectivity index (χ3v) is 3.60. The Kier molecular flexibility index (Phi) is 4.26. The largest absolute Gasteiger partial charge is 0.481 e. The first kappa shape index (κ1) is 14.4. The molecule has 0 bridgehead atoms. The van der Waals surface area contributed by atoms with Crippen LogP contribution in [-0.4, -0.2) is 30.3 Å². The molecular weight excluding hydrogens is 256 g/mol. The van der Waals surface area contributed by atoms with Crippen molar-refractivity contribution in [1.82, 2.24) is 5.32 Å². The topological polar surface area (TPSA) is 82.3 Å². The van der Waals surface area contributed by atoms with E-state index in [1.807, 2.05) is 6.07 Å². The summed E-state index contributed by atoms with van der Waals surface area (Å²) in [5.74, 6) is 0.351. The average Bonchev–Trinajstić information content (AvgIpc) is 3.26. The van der Waals surface area contributed by atoms with Crippen LogP contribution in [0.15, 0.2) is 24.3 Å². The molecule has 1 saturated carbocycles. The molecule has 5 heteroatoms. The van der Waals surface area contributed by atoms with Gasteiger partial charge in [0.1, 0.15) is 5.75 Å². The van der Waals surface area contributed by atoms with Crippen LogP contribution in [0, 0.1) is 16.7 Å². The predicted molar refractivity (Wildman–Crippen MR) is 73.0 cm³/mol. The summed E-state index contributed by atoms with van der Waals surface area (Å²) >= 11 is 0. The standard InChI is InChI=1S/C15H18N2O3/c1-11(14(19)17-9-15(10-18)6-7-15)20-13-4-2-12(8-16)3-5-13/h2-5,11,18H,6-7,9-10H2,1H3,(H,17,19). The molecule has 20 heavy (non-hydrogen) atoms. The maximum Gasteiger partial charge on any atom is 0.260 e. The van der Waals surface area contributed by atoms with Gasteiger partial charge in [-0.1, -0.05) is 0 Å². The van der Waals surface area contributed by atoms with Gasteiger partial charge in [0.25, 0.3) is 5.91 Å². The molecule has 106 valence electrons. The van der Waals surface area contributed by atoms with E-state index >= 15 is 0 Å². The van der Waals surface area contributed by atoms with Crippen LogP contribution < -0.4 is 10.1 Å². The lowest BCUT2D eigenvalue weighted by atomic mass is 10.1. The monoisotopic (exact) mass is 274 g/mol. The summed E-state index contributed by atoms with van der Waals surface area (Å²) in [6.45, 7) is 2.27. The van der Waals surface area contributed by atoms with Gasteiger partial charge >= 0.3 is 0 Å². The number of hydrogen-bond acceptors (Lipinski definition) is 4. The molecule has 1 aromatic rings. The zero-order valence-corrected chi connectivity index (χ0v) is 11.4. The number of nitrogens with zero attached hydrogens (tertiary/aromatic N) is 1. The van der Waals surface area contributed by atoms with Crippen LogP contribution in [0.4, 0.5) is 0 Å². The second-order valence-corrected chi connectivity index (χ2v) is 5.27. The molecule has 5 nitrogen and oxygen atoms in total. The molecule has 0 saturated heterocycles. The SMILES string of the molecule is CC(Oc1ccc(C#N)cc1)C(=O)NCC1(CO)CC1. The number of amides is 1. The Morgan fingerprint density at radius 1 is 1.50 bits per heavy atom. The highest BCUT2D eigenvalue weighted by molar-refractivity contribution is 5.80. The van der Waals surface area contributed by atoms with Gasteiger partial charge in [-0.3, -0.25) is 4.79 Å². The number of carbonyl (C=O) groups is 1. The minimum atomic E-state index is -0.613. The summed E-state index contributed by atoms with van der Waals surface area (Å²) in [5, 5.41) is 20.7. The Hall–Kier alpha value is -2.06. The predicted octanol–water partition coefficient (Wildman–Crippen LogP) is 1.21. The number of carbonyl (C=O) groups excluding carboxylic acids is 1. The summed E-state index contributed by atoms with van der Waals surface area (Å²) in [7, 11) is 0. The van der Waals surface area contributed by atoms with Gasteiger partial charge in [0.05, 0.1) is 18.2 Å². The Morgan fingerprint density at radius 2 is 2.15 bits per heavy atom. The summed E-state index contributed by atoms with van der Waals surface area (Å²) in [6, 6.07) is 8.64. The van der Waals surface area contributed by atoms with Crippen molar-refractivity contribution >= 4 is 5.91 Å². The smallest absolute Gasteiger partial charge is 0.260 e. The van der Waals surface area contributed by atoms with Crippen molar-refractivity contribution in [3.63, 3.8) is 0 Å². The van der Waals surface area contributed by atoms with E-state index in [4.69, 9.17) is 10.00 Å². The van der Waals surface area contributed by atoms with Gasteiger partial charge in [-0.15, -0.1) is 0 Å². The Morgan fingerprint density at radius 3 is 2.65 bits per heavy atom. The number of rotatable bonds is 6. The third-order valence-electron chi connectivity index (χ3n) is 3.60. The molecule has 1 aliphatic rings. The molecule has 0 aromatic heterocycles. The lowest BCUT2D eigenvalue weighted by Crippen LogP contribution is -2.40. The van der Waals surface area contributed by atoms with Gasteiger partial charge < -0.3 is 15.2 Å². The van der Waals surface area contributed by atoms with Crippen LogP contribution in [0.25, 0.3) is 0 Å². The third kappa shape index (κ3) is 3.49. The van der Waals surface area contributed by atoms with Crippen molar-refractivity contribution in [2.24, 2.45) is 5.41 Å². The van der Waals surface area contributed by atoms with Crippen molar-refractivity contribution < 1.29 is 14.6 Å². The van der Waals surface area contributed by atoms with E-state index < -0.39 is 6.10 Å². The molecule has 1 aromatic carbocycles. The molecule has 0 aliphatic heterocycles. The van der Waals surface area contributed by atoms with Crippen LogP contribution in [0.5, 0.6) is 5.75 Å². The van der Waals surface area contributed by atoms with Gasteiger partial charge in [-0.25, -0.2) is 0 Å². The zero-order chi connectivity index (χ0) is 14.6. The van der Waals surface area contributed by atoms with Crippen LogP contribution in [0.1, 0.15) is 25.3 Å². The number of nitrogens with one attached hydrogen (secondary N) is 1. The van der Waals surface area contributed by atoms with Crippen molar-refractivity contribution in [3.05, 3.63) is 29.8 Å². The lowest BCUT2D eigenvalue weighted by molar-refractivity contribution is -0.127. The van der Waals surface area contributed by atoms with E-state index in [0.717, 1.165) is 12.8 Å². The van der Waals surface area contributed by atoms with E-state index in [1.165, 1.54) is 0 Å². The first-order chi connectivity index (χ1) is 9.58. The van der Waals surface area contributed by atoms with Crippen LogP contribution in [-0.2, 0) is 4.79 Å². The maximum absolute atomic E-state index is 11.9. The number of aliphatic hydroxyl groups is 1. The highest BCUT2D eigenvalue weighted by atomic mass is 16.5. The molecule has 1 aliphatic carbocycles. The molecular formula is C15H18N2O3. The summed E-state index contributed by atoms with van der Waals surface area (Å²) in [4.78, 5) is 11.9. The molecule has 1 unspecified atom stereocenters. The molecule has 1 amide bonds. The first-order valence-corrected chi connectivity index (χ1v) is 6.64. The van der Waals surface area contributed by atoms with Gasteiger partial charge in [0.15, 0.2) is 6.10 Å². The van der Waals surface area contributed by atoms with Gasteiger partial charge in [0, 0.05) is 12.0 Å². The molecule has 1 atom stereocenters. The van der Waals surface area contributed by atoms with Crippen molar-refractivity contribution in [2.45, 2.75) is 25.9 Å². The number of aliphatic hydroxyl groups excluding tert-OH is 1. The van der Waals surface area contributed by atoms with Gasteiger partial charge in [-0.2, -0.15) is 5.26 Å². The van der Waals surface area contributed by atoms with E-state index in [9.17, 15) is 9.90 Å². The highest BCUT2D eigenvalue weighted by Crippen LogP contribution is 2.44. The number of nitriles is 1. The summed E-state index contributed by atoms with van der Waals surface area (Å²) in [5.41, 5.74) is 0.442. The molecule has 0 spiro atoms. The second kappa shape index (κ2) is 5.93. The molecule has 2 N–H and O–H groups in total. The molecule has 1 fully saturated rings. The minimum absolute atomic E-state index is 0.107. The lowest BCUT2D eigenvalue weighted by Gasteiger charge is -2.17. The Balaban J connectivity index is 1.82. The fourth-order valence-corrected chi connectivity index (χ4v) is 1.85. The van der Waals surface area contributed by atoms with E-state index in [2.05, 4.69) is 5.32 Å². The van der Waals surface area contributed by atoms with Crippen LogP contribution >= 0.6 is 0 Å². The average molecular weight is 274 g/mol. The van der Waals surface area contributed by atoms with E-state index in [0.29, 0.717) is 17.9 Å². The van der Waals surface area contributed by atoms with Crippen LogP contribution in [0.2, 0.25) is 0 Å². The van der Waals surface area contributed by atoms with Gasteiger partial charge in [0.2, 0.25) is 0 Å². The van der Waals surface area contributed by atoms with Crippen molar-refractivity contribution in [1.29, 1.82) is 5.26 Å². The van der Waals surface area contributed by atoms with Gasteiger partial charge in [-0.05, 0) is 44.0 Å². The second-order valence-electron chi connectivity index (χ2n) is 5.27. The van der Waals surface area contributed by atoms with E-state index in [1.54, 1.807) is 31.2 Å². The highest BCUT2D eigenvalue weighted by Gasteiger charge is 2.42. The zero-order valence-electron chi connectivity index (χ0n) is 11.4. The molecule has 2 rings (SSSR count). The fourth-order valence-electron chi connectivity index (χ4n) is 1.85. The normalized spacial score (nSPS) is 16.9. The maximum atomic E-state index is 11.9. The number of benzene rings is 1.